The molecule has 0 aromatic carbocycles. The van der Waals surface area contributed by atoms with Crippen LogP contribution in [0.3, 0.4) is 0 Å². The first kappa shape index (κ1) is 21.2. The van der Waals surface area contributed by atoms with E-state index in [-0.39, 0.29) is 35.9 Å². The third-order valence-electron chi connectivity index (χ3n) is 5.51. The smallest absolute Gasteiger partial charge is 0.279 e. The predicted molar refractivity (Wildman–Crippen MR) is 113 cm³/mol. The number of amides is 2. The van der Waals surface area contributed by atoms with E-state index in [2.05, 4.69) is 56.9 Å². The maximum absolute atomic E-state index is 12.5. The minimum Gasteiger partial charge on any atom is -0.339 e. The number of aryl methyl sites for hydroxylation is 2. The summed E-state index contributed by atoms with van der Waals surface area (Å²) in [7, 11) is 0. The lowest BCUT2D eigenvalue weighted by molar-refractivity contribution is -0.121. The van der Waals surface area contributed by atoms with Crippen LogP contribution in [0.2, 0.25) is 0 Å². The minimum atomic E-state index is -0.345. The molecule has 3 aromatic heterocycles. The summed E-state index contributed by atoms with van der Waals surface area (Å²) in [6, 6.07) is 1.96. The number of thiophene rings is 1. The zero-order valence-electron chi connectivity index (χ0n) is 17.7. The molecule has 2 amide bonds. The van der Waals surface area contributed by atoms with Crippen molar-refractivity contribution in [3.8, 4) is 11.6 Å². The molecule has 0 unspecified atom stereocenters. The molecule has 0 spiro atoms. The predicted octanol–water partition coefficient (Wildman–Crippen LogP) is 2.46. The van der Waals surface area contributed by atoms with Gasteiger partial charge < -0.3 is 4.52 Å². The van der Waals surface area contributed by atoms with Crippen molar-refractivity contribution in [3.63, 3.8) is 0 Å². The largest absolute Gasteiger partial charge is 0.339 e. The van der Waals surface area contributed by atoms with Crippen LogP contribution in [0, 0.1) is 11.3 Å². The zero-order chi connectivity index (χ0) is 22.0. The number of aromatic nitrogens is 5. The Labute approximate surface area is 183 Å². The summed E-state index contributed by atoms with van der Waals surface area (Å²) in [5.74, 6) is 0.926. The number of hydrazine groups is 1. The molecule has 0 bridgehead atoms. The van der Waals surface area contributed by atoms with Crippen LogP contribution in [-0.2, 0) is 24.1 Å². The number of hydrogen-bond acceptors (Lipinski definition) is 8. The van der Waals surface area contributed by atoms with Crippen molar-refractivity contribution in [1.29, 1.82) is 0 Å². The number of aromatic amines is 1. The number of H-pyrrole nitrogens is 1. The van der Waals surface area contributed by atoms with Gasteiger partial charge in [-0.25, -0.2) is 4.98 Å². The molecule has 4 rings (SSSR count). The standard InChI is InChI=1S/C20H25N7O3S/c1-20(2,3)12-4-5-13-11(8-12)9-14(31-13)19(29)26-24-15(28)6-7-16-23-18(27-30-16)17-21-10-22-25-17/h9-10,12H,4-8H2,1-3H3,(H,24,28)(H,26,29)(H,21,22,25)/t12-/m1/s1. The van der Waals surface area contributed by atoms with Crippen molar-refractivity contribution >= 4 is 23.2 Å². The van der Waals surface area contributed by atoms with E-state index in [0.29, 0.717) is 22.5 Å². The molecule has 164 valence electrons. The molecule has 0 fully saturated rings. The van der Waals surface area contributed by atoms with E-state index in [0.717, 1.165) is 19.3 Å². The molecule has 1 aliphatic carbocycles. The van der Waals surface area contributed by atoms with E-state index in [4.69, 9.17) is 4.52 Å². The monoisotopic (exact) mass is 443 g/mol. The van der Waals surface area contributed by atoms with Crippen LogP contribution in [0.1, 0.15) is 59.6 Å². The second-order valence-corrected chi connectivity index (χ2v) is 9.85. The van der Waals surface area contributed by atoms with E-state index in [9.17, 15) is 9.59 Å². The second-order valence-electron chi connectivity index (χ2n) is 8.71. The highest BCUT2D eigenvalue weighted by Gasteiger charge is 2.30. The molecule has 11 heteroatoms. The number of carbonyl (C=O) groups excluding carboxylic acids is 2. The van der Waals surface area contributed by atoms with Crippen LogP contribution in [0.5, 0.6) is 0 Å². The van der Waals surface area contributed by atoms with E-state index in [1.165, 1.54) is 28.1 Å². The maximum atomic E-state index is 12.5. The maximum Gasteiger partial charge on any atom is 0.279 e. The molecule has 3 N–H and O–H groups in total. The Balaban J connectivity index is 1.26. The second kappa shape index (κ2) is 8.58. The van der Waals surface area contributed by atoms with Gasteiger partial charge in [0.1, 0.15) is 6.33 Å². The van der Waals surface area contributed by atoms with Gasteiger partial charge in [-0.15, -0.1) is 11.3 Å². The highest BCUT2D eigenvalue weighted by molar-refractivity contribution is 7.14. The van der Waals surface area contributed by atoms with Crippen LogP contribution in [0.4, 0.5) is 0 Å². The first-order valence-electron chi connectivity index (χ1n) is 10.2. The number of hydrogen-bond donors (Lipinski definition) is 3. The van der Waals surface area contributed by atoms with Crippen molar-refractivity contribution in [1.82, 2.24) is 36.2 Å². The van der Waals surface area contributed by atoms with E-state index in [1.54, 1.807) is 0 Å². The molecule has 1 aliphatic rings. The van der Waals surface area contributed by atoms with Gasteiger partial charge in [0.2, 0.25) is 17.6 Å². The Morgan fingerprint density at radius 3 is 2.90 bits per heavy atom. The molecule has 31 heavy (non-hydrogen) atoms. The molecule has 0 radical (unpaired) electrons. The SMILES string of the molecule is CC(C)(C)[C@@H]1CCc2sc(C(=O)NNC(=O)CCc3nc(-c4ncn[nH]4)no3)cc2C1. The Bertz CT molecular complexity index is 1070. The Morgan fingerprint density at radius 1 is 1.32 bits per heavy atom. The molecule has 1 atom stereocenters. The molecule has 0 saturated carbocycles. The molecule has 0 saturated heterocycles. The van der Waals surface area contributed by atoms with Crippen LogP contribution in [0.15, 0.2) is 16.9 Å². The van der Waals surface area contributed by atoms with Crippen molar-refractivity contribution in [2.45, 2.75) is 52.9 Å². The fraction of sp³-hybridized carbons (Fsp3) is 0.500. The van der Waals surface area contributed by atoms with Gasteiger partial charge in [-0.2, -0.15) is 10.1 Å². The lowest BCUT2D eigenvalue weighted by Crippen LogP contribution is -2.41. The number of carbonyl (C=O) groups is 2. The van der Waals surface area contributed by atoms with Gasteiger partial charge in [0.25, 0.3) is 5.91 Å². The van der Waals surface area contributed by atoms with Crippen molar-refractivity contribution in [2.75, 3.05) is 0 Å². The average Bonchev–Trinajstić information content (AvgIpc) is 3.48. The first-order valence-corrected chi connectivity index (χ1v) is 11.0. The highest BCUT2D eigenvalue weighted by Crippen LogP contribution is 2.40. The third-order valence-corrected chi connectivity index (χ3v) is 6.74. The summed E-state index contributed by atoms with van der Waals surface area (Å²) in [4.78, 5) is 34.6. The fourth-order valence-electron chi connectivity index (χ4n) is 3.61. The van der Waals surface area contributed by atoms with Gasteiger partial charge in [0.05, 0.1) is 4.88 Å². The summed E-state index contributed by atoms with van der Waals surface area (Å²) in [5, 5.41) is 10.1. The average molecular weight is 444 g/mol. The van der Waals surface area contributed by atoms with E-state index in [1.807, 2.05) is 6.07 Å². The van der Waals surface area contributed by atoms with Gasteiger partial charge in [-0.1, -0.05) is 25.9 Å². The highest BCUT2D eigenvalue weighted by atomic mass is 32.1. The van der Waals surface area contributed by atoms with Gasteiger partial charge in [0, 0.05) is 17.7 Å². The number of nitrogens with zero attached hydrogens (tertiary/aromatic N) is 4. The molecular weight excluding hydrogens is 418 g/mol. The number of fused-ring (bicyclic) bond motifs is 1. The Hall–Kier alpha value is -3.08. The number of nitrogens with one attached hydrogen (secondary N) is 3. The number of rotatable bonds is 5. The normalized spacial score (nSPS) is 16.0. The summed E-state index contributed by atoms with van der Waals surface area (Å²) < 4.78 is 5.10. The van der Waals surface area contributed by atoms with Crippen LogP contribution in [0.25, 0.3) is 11.6 Å². The molecule has 10 nitrogen and oxygen atoms in total. The topological polar surface area (TPSA) is 139 Å². The third kappa shape index (κ3) is 4.98. The van der Waals surface area contributed by atoms with Crippen molar-refractivity contribution < 1.29 is 14.1 Å². The molecule has 3 heterocycles. The summed E-state index contributed by atoms with van der Waals surface area (Å²) >= 11 is 1.51. The van der Waals surface area contributed by atoms with Gasteiger partial charge in [-0.3, -0.25) is 25.5 Å². The quantitative estimate of drug-likeness (QED) is 0.515. The molecule has 3 aromatic rings. The van der Waals surface area contributed by atoms with Crippen LogP contribution < -0.4 is 10.9 Å². The van der Waals surface area contributed by atoms with E-state index >= 15 is 0 Å². The van der Waals surface area contributed by atoms with Gasteiger partial charge >= 0.3 is 0 Å². The van der Waals surface area contributed by atoms with Crippen LogP contribution in [-0.4, -0.2) is 37.1 Å². The Morgan fingerprint density at radius 2 is 2.16 bits per heavy atom. The first-order chi connectivity index (χ1) is 14.8. The molecule has 0 aliphatic heterocycles. The summed E-state index contributed by atoms with van der Waals surface area (Å²) in [5.41, 5.74) is 6.45. The summed E-state index contributed by atoms with van der Waals surface area (Å²) in [6.45, 7) is 6.80. The van der Waals surface area contributed by atoms with Crippen molar-refractivity contribution in [2.24, 2.45) is 11.3 Å². The van der Waals surface area contributed by atoms with Gasteiger partial charge in [0.15, 0.2) is 5.82 Å². The lowest BCUT2D eigenvalue weighted by Gasteiger charge is -2.33. The van der Waals surface area contributed by atoms with Crippen molar-refractivity contribution in [3.05, 3.63) is 33.6 Å². The van der Waals surface area contributed by atoms with Gasteiger partial charge in [-0.05, 0) is 42.2 Å². The fourth-order valence-corrected chi connectivity index (χ4v) is 4.72. The zero-order valence-corrected chi connectivity index (χ0v) is 18.5. The van der Waals surface area contributed by atoms with E-state index < -0.39 is 0 Å². The van der Waals surface area contributed by atoms with Crippen LogP contribution >= 0.6 is 11.3 Å². The Kier molecular flexibility index (Phi) is 5.86. The molecular formula is C20H25N7O3S. The lowest BCUT2D eigenvalue weighted by atomic mass is 9.72. The minimum absolute atomic E-state index is 0.0898. The summed E-state index contributed by atoms with van der Waals surface area (Å²) in [6.07, 6.45) is 4.81.